The lowest BCUT2D eigenvalue weighted by Crippen LogP contribution is -2.42. The number of hydrogen-bond donors (Lipinski definition) is 1. The summed E-state index contributed by atoms with van der Waals surface area (Å²) in [6.07, 6.45) is 3.12. The van der Waals surface area contributed by atoms with Crippen LogP contribution in [0.25, 0.3) is 0 Å². The van der Waals surface area contributed by atoms with Gasteiger partial charge in [-0.05, 0) is 26.7 Å². The smallest absolute Gasteiger partial charge is 0.240 e. The van der Waals surface area contributed by atoms with Crippen LogP contribution in [-0.4, -0.2) is 40.3 Å². The Bertz CT molecular complexity index is 414. The summed E-state index contributed by atoms with van der Waals surface area (Å²) in [5, 5.41) is 3.94. The highest BCUT2D eigenvalue weighted by Gasteiger charge is 2.34. The molecule has 1 aromatic rings. The Kier molecular flexibility index (Phi) is 2.88. The largest absolute Gasteiger partial charge is 0.372 e. The molecule has 2 N–H and O–H groups in total. The third-order valence-corrected chi connectivity index (χ3v) is 3.52. The van der Waals surface area contributed by atoms with E-state index in [-0.39, 0.29) is 0 Å². The molecule has 2 unspecified atom stereocenters. The summed E-state index contributed by atoms with van der Waals surface area (Å²) >= 11 is 0. The number of aromatic nitrogens is 2. The maximum Gasteiger partial charge on any atom is 0.240 e. The molecule has 0 aromatic carbocycles. The van der Waals surface area contributed by atoms with Crippen molar-refractivity contribution in [2.24, 2.45) is 5.73 Å². The first-order valence-electron chi connectivity index (χ1n) is 6.50. The molecule has 100 valence electrons. The first kappa shape index (κ1) is 12.1. The van der Waals surface area contributed by atoms with Gasteiger partial charge < -0.3 is 15.0 Å². The maximum atomic E-state index is 5.94. The van der Waals surface area contributed by atoms with Gasteiger partial charge in [-0.3, -0.25) is 4.90 Å². The molecule has 2 aliphatic heterocycles. The second-order valence-electron chi connectivity index (χ2n) is 5.88. The van der Waals surface area contributed by atoms with Crippen LogP contribution in [0.2, 0.25) is 0 Å². The summed E-state index contributed by atoms with van der Waals surface area (Å²) < 4.78 is 11.1. The van der Waals surface area contributed by atoms with Gasteiger partial charge >= 0.3 is 0 Å². The summed E-state index contributed by atoms with van der Waals surface area (Å²) in [6, 6.07) is 0. The number of likely N-dealkylation sites (tertiary alicyclic amines) is 1. The number of rotatable bonds is 3. The molecule has 2 atom stereocenters. The highest BCUT2D eigenvalue weighted by Crippen LogP contribution is 2.27. The summed E-state index contributed by atoms with van der Waals surface area (Å²) in [7, 11) is 0. The monoisotopic (exact) mass is 252 g/mol. The van der Waals surface area contributed by atoms with E-state index in [1.807, 2.05) is 13.8 Å². The van der Waals surface area contributed by atoms with Crippen molar-refractivity contribution < 1.29 is 9.26 Å². The lowest BCUT2D eigenvalue weighted by atomic mass is 10.1. The van der Waals surface area contributed by atoms with E-state index in [4.69, 9.17) is 15.0 Å². The highest BCUT2D eigenvalue weighted by molar-refractivity contribution is 4.99. The Hall–Kier alpha value is -0.980. The first-order valence-corrected chi connectivity index (χ1v) is 6.50. The third kappa shape index (κ3) is 2.41. The molecule has 6 nitrogen and oxygen atoms in total. The minimum atomic E-state index is -0.550. The molecule has 2 bridgehead atoms. The molecule has 18 heavy (non-hydrogen) atoms. The Labute approximate surface area is 106 Å². The number of morpholine rings is 1. The molecule has 0 spiro atoms. The predicted molar refractivity (Wildman–Crippen MR) is 64.7 cm³/mol. The van der Waals surface area contributed by atoms with E-state index in [2.05, 4.69) is 15.0 Å². The van der Waals surface area contributed by atoms with Crippen molar-refractivity contribution in [3.05, 3.63) is 11.7 Å². The Morgan fingerprint density at radius 2 is 2.00 bits per heavy atom. The van der Waals surface area contributed by atoms with Gasteiger partial charge in [-0.25, -0.2) is 0 Å². The zero-order valence-electron chi connectivity index (χ0n) is 10.9. The van der Waals surface area contributed by atoms with Crippen molar-refractivity contribution in [1.82, 2.24) is 15.0 Å². The Morgan fingerprint density at radius 3 is 2.56 bits per heavy atom. The van der Waals surface area contributed by atoms with Crippen LogP contribution in [0, 0.1) is 0 Å². The molecule has 0 radical (unpaired) electrons. The van der Waals surface area contributed by atoms with Gasteiger partial charge in [0.25, 0.3) is 0 Å². The second kappa shape index (κ2) is 4.29. The lowest BCUT2D eigenvalue weighted by Gasteiger charge is -2.30. The number of hydrogen-bond acceptors (Lipinski definition) is 6. The summed E-state index contributed by atoms with van der Waals surface area (Å²) in [4.78, 5) is 6.69. The summed E-state index contributed by atoms with van der Waals surface area (Å²) in [5.74, 6) is 1.21. The predicted octanol–water partition coefficient (Wildman–Crippen LogP) is 0.627. The average Bonchev–Trinajstić information content (AvgIpc) is 2.85. The molecule has 2 fully saturated rings. The normalized spacial score (nSPS) is 28.8. The van der Waals surface area contributed by atoms with E-state index in [0.29, 0.717) is 30.5 Å². The van der Waals surface area contributed by atoms with E-state index in [1.165, 1.54) is 12.8 Å². The van der Waals surface area contributed by atoms with Gasteiger partial charge in [0.2, 0.25) is 5.89 Å². The Morgan fingerprint density at radius 1 is 1.33 bits per heavy atom. The summed E-state index contributed by atoms with van der Waals surface area (Å²) in [5.41, 5.74) is 5.39. The number of ether oxygens (including phenoxy) is 1. The molecule has 2 saturated heterocycles. The Balaban J connectivity index is 1.64. The van der Waals surface area contributed by atoms with Crippen molar-refractivity contribution in [3.63, 3.8) is 0 Å². The number of fused-ring (bicyclic) bond motifs is 2. The van der Waals surface area contributed by atoms with Gasteiger partial charge in [-0.2, -0.15) is 4.98 Å². The van der Waals surface area contributed by atoms with Crippen LogP contribution in [0.3, 0.4) is 0 Å². The average molecular weight is 252 g/mol. The summed E-state index contributed by atoms with van der Waals surface area (Å²) in [6.45, 7) is 6.35. The van der Waals surface area contributed by atoms with E-state index in [0.717, 1.165) is 13.1 Å². The van der Waals surface area contributed by atoms with Gasteiger partial charge in [0, 0.05) is 13.1 Å². The third-order valence-electron chi connectivity index (χ3n) is 3.52. The van der Waals surface area contributed by atoms with E-state index >= 15 is 0 Å². The lowest BCUT2D eigenvalue weighted by molar-refractivity contribution is -0.0435. The van der Waals surface area contributed by atoms with E-state index in [9.17, 15) is 0 Å². The minimum Gasteiger partial charge on any atom is -0.372 e. The van der Waals surface area contributed by atoms with Crippen molar-refractivity contribution in [3.8, 4) is 0 Å². The molecule has 3 heterocycles. The van der Waals surface area contributed by atoms with Crippen LogP contribution in [0.4, 0.5) is 0 Å². The van der Waals surface area contributed by atoms with Crippen LogP contribution < -0.4 is 5.73 Å². The van der Waals surface area contributed by atoms with Crippen molar-refractivity contribution in [2.45, 2.75) is 51.0 Å². The zero-order valence-corrected chi connectivity index (χ0v) is 10.9. The highest BCUT2D eigenvalue weighted by atomic mass is 16.5. The van der Waals surface area contributed by atoms with Crippen LogP contribution in [0.15, 0.2) is 4.52 Å². The molecular weight excluding hydrogens is 232 g/mol. The molecule has 1 aromatic heterocycles. The van der Waals surface area contributed by atoms with Crippen LogP contribution in [0.5, 0.6) is 0 Å². The van der Waals surface area contributed by atoms with Gasteiger partial charge in [0.15, 0.2) is 5.82 Å². The van der Waals surface area contributed by atoms with Gasteiger partial charge in [-0.15, -0.1) is 0 Å². The molecule has 0 amide bonds. The zero-order chi connectivity index (χ0) is 12.8. The van der Waals surface area contributed by atoms with Gasteiger partial charge in [-0.1, -0.05) is 5.16 Å². The second-order valence-corrected chi connectivity index (χ2v) is 5.88. The standard InChI is InChI=1S/C12H20N4O2/c1-12(2,13)11-14-10(18-15-11)7-16-5-8-3-4-9(6-16)17-8/h8-9H,3-7,13H2,1-2H3. The van der Waals surface area contributed by atoms with E-state index in [1.54, 1.807) is 0 Å². The SMILES string of the molecule is CC(C)(N)c1noc(CN2CC3CCC(C2)O3)n1. The van der Waals surface area contributed by atoms with Gasteiger partial charge in [0.05, 0.1) is 24.3 Å². The molecular formula is C12H20N4O2. The molecule has 0 aliphatic carbocycles. The van der Waals surface area contributed by atoms with Crippen LogP contribution in [-0.2, 0) is 16.8 Å². The fourth-order valence-electron chi connectivity index (χ4n) is 2.60. The topological polar surface area (TPSA) is 77.4 Å². The number of nitrogens with zero attached hydrogens (tertiary/aromatic N) is 3. The van der Waals surface area contributed by atoms with E-state index < -0.39 is 5.54 Å². The fraction of sp³-hybridized carbons (Fsp3) is 0.833. The molecule has 6 heteroatoms. The minimum absolute atomic E-state index is 0.386. The molecule has 0 saturated carbocycles. The molecule has 3 rings (SSSR count). The number of nitrogens with two attached hydrogens (primary N) is 1. The molecule has 2 aliphatic rings. The fourth-order valence-corrected chi connectivity index (χ4v) is 2.60. The van der Waals surface area contributed by atoms with Crippen molar-refractivity contribution in [1.29, 1.82) is 0 Å². The maximum absolute atomic E-state index is 5.94. The quantitative estimate of drug-likeness (QED) is 0.850. The van der Waals surface area contributed by atoms with Crippen molar-refractivity contribution >= 4 is 0 Å². The van der Waals surface area contributed by atoms with Crippen molar-refractivity contribution in [2.75, 3.05) is 13.1 Å². The first-order chi connectivity index (χ1) is 8.50. The van der Waals surface area contributed by atoms with Crippen LogP contribution in [0.1, 0.15) is 38.4 Å². The van der Waals surface area contributed by atoms with Crippen LogP contribution >= 0.6 is 0 Å². The van der Waals surface area contributed by atoms with Gasteiger partial charge in [0.1, 0.15) is 0 Å².